The van der Waals surface area contributed by atoms with Crippen LogP contribution in [0.1, 0.15) is 21.6 Å². The van der Waals surface area contributed by atoms with Gasteiger partial charge in [-0.1, -0.05) is 29.8 Å². The number of carbonyl (C=O) groups excluding carboxylic acids is 1. The smallest absolute Gasteiger partial charge is 0.257 e. The quantitative estimate of drug-likeness (QED) is 0.622. The summed E-state index contributed by atoms with van der Waals surface area (Å²) < 4.78 is 7.15. The van der Waals surface area contributed by atoms with Crippen LogP contribution >= 0.6 is 11.6 Å². The number of hydrogen-bond acceptors (Lipinski definition) is 4. The Labute approximate surface area is 181 Å². The van der Waals surface area contributed by atoms with Crippen molar-refractivity contribution in [1.82, 2.24) is 14.7 Å². The highest BCUT2D eigenvalue weighted by Gasteiger charge is 2.19. The summed E-state index contributed by atoms with van der Waals surface area (Å²) in [7, 11) is 1.81. The molecule has 3 aromatic rings. The summed E-state index contributed by atoms with van der Waals surface area (Å²) in [4.78, 5) is 17.1. The third kappa shape index (κ3) is 4.35. The van der Waals surface area contributed by atoms with Crippen molar-refractivity contribution in [1.29, 1.82) is 0 Å². The average molecular weight is 425 g/mol. The van der Waals surface area contributed by atoms with Crippen LogP contribution in [0.5, 0.6) is 0 Å². The monoisotopic (exact) mass is 424 g/mol. The van der Waals surface area contributed by atoms with Gasteiger partial charge in [0.1, 0.15) is 0 Å². The maximum Gasteiger partial charge on any atom is 0.257 e. The molecule has 2 heterocycles. The normalized spacial score (nSPS) is 14.0. The van der Waals surface area contributed by atoms with Crippen molar-refractivity contribution < 1.29 is 9.53 Å². The minimum atomic E-state index is -0.0574. The lowest BCUT2D eigenvalue weighted by molar-refractivity contribution is 0.0784. The van der Waals surface area contributed by atoms with Crippen molar-refractivity contribution in [2.45, 2.75) is 13.5 Å². The molecule has 0 unspecified atom stereocenters. The van der Waals surface area contributed by atoms with Crippen LogP contribution in [0.15, 0.2) is 54.7 Å². The number of morpholine rings is 1. The summed E-state index contributed by atoms with van der Waals surface area (Å²) >= 11 is 6.09. The predicted octanol–water partition coefficient (Wildman–Crippen LogP) is 3.94. The van der Waals surface area contributed by atoms with E-state index < -0.39 is 0 Å². The van der Waals surface area contributed by atoms with Gasteiger partial charge in [-0.3, -0.25) is 4.79 Å². The van der Waals surface area contributed by atoms with E-state index in [9.17, 15) is 4.79 Å². The van der Waals surface area contributed by atoms with Crippen molar-refractivity contribution >= 4 is 23.2 Å². The number of carbonyl (C=O) groups is 1. The number of hydrogen-bond donors (Lipinski definition) is 0. The lowest BCUT2D eigenvalue weighted by atomic mass is 10.1. The molecule has 4 rings (SSSR count). The van der Waals surface area contributed by atoms with Crippen LogP contribution in [-0.4, -0.2) is 53.9 Å². The van der Waals surface area contributed by atoms with Gasteiger partial charge in [-0.25, -0.2) is 4.68 Å². The number of halogens is 1. The zero-order chi connectivity index (χ0) is 21.1. The molecule has 0 radical (unpaired) electrons. The first kappa shape index (κ1) is 20.4. The number of aromatic nitrogens is 2. The molecule has 0 atom stereocenters. The molecule has 0 N–H and O–H groups in total. The summed E-state index contributed by atoms with van der Waals surface area (Å²) in [6, 6.07) is 15.8. The lowest BCUT2D eigenvalue weighted by Crippen LogP contribution is -2.36. The molecule has 0 aliphatic carbocycles. The summed E-state index contributed by atoms with van der Waals surface area (Å²) in [6.45, 7) is 5.78. The Morgan fingerprint density at radius 2 is 1.87 bits per heavy atom. The van der Waals surface area contributed by atoms with E-state index in [0.29, 0.717) is 17.1 Å². The largest absolute Gasteiger partial charge is 0.378 e. The first-order chi connectivity index (χ1) is 14.5. The first-order valence-electron chi connectivity index (χ1n) is 10.0. The van der Waals surface area contributed by atoms with E-state index >= 15 is 0 Å². The van der Waals surface area contributed by atoms with Crippen LogP contribution in [0.2, 0.25) is 5.02 Å². The number of nitrogens with zero attached hydrogens (tertiary/aromatic N) is 4. The second-order valence-corrected chi connectivity index (χ2v) is 7.90. The molecule has 1 aliphatic heterocycles. The van der Waals surface area contributed by atoms with E-state index in [4.69, 9.17) is 16.3 Å². The number of rotatable bonds is 5. The second kappa shape index (κ2) is 8.90. The lowest BCUT2D eigenvalue weighted by Gasteiger charge is -2.29. The summed E-state index contributed by atoms with van der Waals surface area (Å²) in [5, 5.41) is 5.03. The van der Waals surface area contributed by atoms with Crippen molar-refractivity contribution in [2.75, 3.05) is 38.3 Å². The maximum atomic E-state index is 13.0. The van der Waals surface area contributed by atoms with Crippen LogP contribution in [0.4, 0.5) is 5.69 Å². The molecule has 6 nitrogen and oxygen atoms in total. The molecule has 30 heavy (non-hydrogen) atoms. The van der Waals surface area contributed by atoms with E-state index in [1.807, 2.05) is 38.2 Å². The Bertz CT molecular complexity index is 1030. The van der Waals surface area contributed by atoms with E-state index in [-0.39, 0.29) is 5.91 Å². The Morgan fingerprint density at radius 3 is 2.57 bits per heavy atom. The van der Waals surface area contributed by atoms with E-state index in [1.165, 1.54) is 5.69 Å². The minimum Gasteiger partial charge on any atom is -0.378 e. The van der Waals surface area contributed by atoms with Gasteiger partial charge in [-0.2, -0.15) is 5.10 Å². The molecular formula is C23H25ClN4O2. The van der Waals surface area contributed by atoms with Gasteiger partial charge in [-0.15, -0.1) is 0 Å². The molecular weight excluding hydrogens is 400 g/mol. The highest BCUT2D eigenvalue weighted by molar-refractivity contribution is 6.30. The van der Waals surface area contributed by atoms with Crippen molar-refractivity contribution in [3.05, 3.63) is 76.6 Å². The van der Waals surface area contributed by atoms with Crippen molar-refractivity contribution in [3.8, 4) is 5.69 Å². The van der Waals surface area contributed by atoms with E-state index in [0.717, 1.165) is 43.2 Å². The van der Waals surface area contributed by atoms with Gasteiger partial charge in [0.15, 0.2) is 0 Å². The van der Waals surface area contributed by atoms with Gasteiger partial charge < -0.3 is 14.5 Å². The summed E-state index contributed by atoms with van der Waals surface area (Å²) in [5.41, 5.74) is 4.48. The fourth-order valence-corrected chi connectivity index (χ4v) is 3.86. The van der Waals surface area contributed by atoms with Crippen LogP contribution in [0.25, 0.3) is 5.69 Å². The predicted molar refractivity (Wildman–Crippen MR) is 119 cm³/mol. The molecule has 1 fully saturated rings. The third-order valence-corrected chi connectivity index (χ3v) is 5.61. The number of benzene rings is 2. The SMILES string of the molecule is Cc1c(C(=O)N(C)Cc2ccc(N3CCOCC3)cc2)cnn1-c1cccc(Cl)c1. The maximum absolute atomic E-state index is 13.0. The summed E-state index contributed by atoms with van der Waals surface area (Å²) in [5.74, 6) is -0.0574. The topological polar surface area (TPSA) is 50.6 Å². The highest BCUT2D eigenvalue weighted by atomic mass is 35.5. The Balaban J connectivity index is 1.45. The molecule has 1 amide bonds. The van der Waals surface area contributed by atoms with Gasteiger partial charge in [0.05, 0.1) is 36.4 Å². The van der Waals surface area contributed by atoms with Crippen LogP contribution in [0.3, 0.4) is 0 Å². The molecule has 0 bridgehead atoms. The molecule has 7 heteroatoms. The molecule has 1 aromatic heterocycles. The van der Waals surface area contributed by atoms with E-state index in [1.54, 1.807) is 15.8 Å². The summed E-state index contributed by atoms with van der Waals surface area (Å²) in [6.07, 6.45) is 1.62. The molecule has 0 saturated carbocycles. The Kier molecular flexibility index (Phi) is 6.06. The standard InChI is InChI=1S/C23H25ClN4O2/c1-17-22(15-25-28(17)21-5-3-4-19(24)14-21)23(29)26(2)16-18-6-8-20(9-7-18)27-10-12-30-13-11-27/h3-9,14-15H,10-13,16H2,1-2H3. The van der Waals surface area contributed by atoms with Gasteiger partial charge in [0, 0.05) is 37.4 Å². The fourth-order valence-electron chi connectivity index (χ4n) is 3.67. The third-order valence-electron chi connectivity index (χ3n) is 5.37. The van der Waals surface area contributed by atoms with Gasteiger partial charge in [0.2, 0.25) is 0 Å². The Morgan fingerprint density at radius 1 is 1.13 bits per heavy atom. The molecule has 1 aliphatic rings. The minimum absolute atomic E-state index is 0.0574. The average Bonchev–Trinajstić information content (AvgIpc) is 3.15. The van der Waals surface area contributed by atoms with Gasteiger partial charge in [-0.05, 0) is 42.8 Å². The second-order valence-electron chi connectivity index (χ2n) is 7.46. The van der Waals surface area contributed by atoms with Gasteiger partial charge >= 0.3 is 0 Å². The molecule has 2 aromatic carbocycles. The highest BCUT2D eigenvalue weighted by Crippen LogP contribution is 2.20. The number of ether oxygens (including phenoxy) is 1. The van der Waals surface area contributed by atoms with Crippen LogP contribution < -0.4 is 4.90 Å². The Hall–Kier alpha value is -2.83. The fraction of sp³-hybridized carbons (Fsp3) is 0.304. The number of anilines is 1. The first-order valence-corrected chi connectivity index (χ1v) is 10.4. The molecule has 156 valence electrons. The van der Waals surface area contributed by atoms with E-state index in [2.05, 4.69) is 34.3 Å². The van der Waals surface area contributed by atoms with Crippen molar-refractivity contribution in [3.63, 3.8) is 0 Å². The molecule has 0 spiro atoms. The zero-order valence-corrected chi connectivity index (χ0v) is 18.0. The number of amides is 1. The van der Waals surface area contributed by atoms with Crippen molar-refractivity contribution in [2.24, 2.45) is 0 Å². The molecule has 1 saturated heterocycles. The van der Waals surface area contributed by atoms with Crippen LogP contribution in [0, 0.1) is 6.92 Å². The van der Waals surface area contributed by atoms with Crippen LogP contribution in [-0.2, 0) is 11.3 Å². The zero-order valence-electron chi connectivity index (χ0n) is 17.2. The van der Waals surface area contributed by atoms with Gasteiger partial charge in [0.25, 0.3) is 5.91 Å².